The molecule has 3 rings (SSSR count). The van der Waals surface area contributed by atoms with Gasteiger partial charge in [0.05, 0.1) is 5.56 Å². The lowest BCUT2D eigenvalue weighted by atomic mass is 9.94. The Morgan fingerprint density at radius 2 is 1.76 bits per heavy atom. The predicted molar refractivity (Wildman–Crippen MR) is 92.1 cm³/mol. The maximum Gasteiger partial charge on any atom is 0.416 e. The minimum Gasteiger partial charge on any atom is -0.335 e. The zero-order valence-electron chi connectivity index (χ0n) is 14.0. The molecule has 3 nitrogen and oxygen atoms in total. The highest BCUT2D eigenvalue weighted by Crippen LogP contribution is 2.37. The zero-order valence-corrected chi connectivity index (χ0v) is 14.8. The molecule has 2 N–H and O–H groups in total. The molecule has 140 valence electrons. The normalized spacial score (nSPS) is 23.2. The van der Waals surface area contributed by atoms with Gasteiger partial charge in [-0.05, 0) is 55.8 Å². The van der Waals surface area contributed by atoms with Crippen LogP contribution in [0.25, 0.3) is 0 Å². The van der Waals surface area contributed by atoms with E-state index in [4.69, 9.17) is 5.73 Å². The van der Waals surface area contributed by atoms with E-state index in [1.807, 2.05) is 4.90 Å². The van der Waals surface area contributed by atoms with Crippen LogP contribution < -0.4 is 5.73 Å². The van der Waals surface area contributed by atoms with E-state index in [0.717, 1.165) is 49.8 Å². The number of carbonyl (C=O) groups excluding carboxylic acids is 1. The van der Waals surface area contributed by atoms with E-state index < -0.39 is 11.7 Å². The maximum atomic E-state index is 12.9. The minimum absolute atomic E-state index is 0. The molecule has 2 atom stereocenters. The van der Waals surface area contributed by atoms with Gasteiger partial charge in [0.1, 0.15) is 0 Å². The summed E-state index contributed by atoms with van der Waals surface area (Å²) in [6.45, 7) is 0.907. The molecule has 0 aliphatic heterocycles. The van der Waals surface area contributed by atoms with Crippen LogP contribution in [0.1, 0.15) is 43.2 Å². The van der Waals surface area contributed by atoms with Crippen molar-refractivity contribution >= 4 is 18.3 Å². The van der Waals surface area contributed by atoms with Gasteiger partial charge < -0.3 is 10.6 Å². The summed E-state index contributed by atoms with van der Waals surface area (Å²) in [4.78, 5) is 14.8. The van der Waals surface area contributed by atoms with Crippen LogP contribution in [-0.2, 0) is 17.5 Å². The van der Waals surface area contributed by atoms with Crippen LogP contribution in [0.3, 0.4) is 0 Å². The summed E-state index contributed by atoms with van der Waals surface area (Å²) in [7, 11) is 0. The minimum atomic E-state index is -4.33. The van der Waals surface area contributed by atoms with Crippen LogP contribution in [-0.4, -0.2) is 23.4 Å². The van der Waals surface area contributed by atoms with Gasteiger partial charge in [0.15, 0.2) is 0 Å². The average Bonchev–Trinajstić information content (AvgIpc) is 3.27. The molecule has 0 aromatic heterocycles. The second kappa shape index (κ2) is 7.96. The Morgan fingerprint density at radius 1 is 1.12 bits per heavy atom. The predicted octanol–water partition coefficient (Wildman–Crippen LogP) is 3.99. The first-order valence-corrected chi connectivity index (χ1v) is 8.57. The van der Waals surface area contributed by atoms with Crippen molar-refractivity contribution in [3.05, 3.63) is 35.4 Å². The first kappa shape index (κ1) is 20.0. The number of halogens is 4. The number of benzene rings is 1. The summed E-state index contributed by atoms with van der Waals surface area (Å²) in [5, 5.41) is 0. The number of hydrogen-bond acceptors (Lipinski definition) is 2. The van der Waals surface area contributed by atoms with E-state index >= 15 is 0 Å². The van der Waals surface area contributed by atoms with Crippen molar-refractivity contribution < 1.29 is 18.0 Å². The van der Waals surface area contributed by atoms with Gasteiger partial charge >= 0.3 is 6.18 Å². The molecule has 0 heterocycles. The van der Waals surface area contributed by atoms with Crippen molar-refractivity contribution in [2.45, 2.75) is 50.9 Å². The zero-order chi connectivity index (χ0) is 17.3. The van der Waals surface area contributed by atoms with Gasteiger partial charge in [0.25, 0.3) is 0 Å². The van der Waals surface area contributed by atoms with Gasteiger partial charge in [-0.2, -0.15) is 13.2 Å². The van der Waals surface area contributed by atoms with Gasteiger partial charge in [-0.3, -0.25) is 4.79 Å². The van der Waals surface area contributed by atoms with Crippen LogP contribution >= 0.6 is 12.4 Å². The van der Waals surface area contributed by atoms with Gasteiger partial charge in [-0.1, -0.05) is 18.6 Å². The summed E-state index contributed by atoms with van der Waals surface area (Å²) in [6, 6.07) is 5.35. The van der Waals surface area contributed by atoms with Crippen LogP contribution in [0.4, 0.5) is 13.2 Å². The topological polar surface area (TPSA) is 46.3 Å². The summed E-state index contributed by atoms with van der Waals surface area (Å²) >= 11 is 0. The first-order valence-electron chi connectivity index (χ1n) is 8.57. The molecule has 2 saturated carbocycles. The van der Waals surface area contributed by atoms with Crippen molar-refractivity contribution in [1.82, 2.24) is 4.90 Å². The summed E-state index contributed by atoms with van der Waals surface area (Å²) in [5.41, 5.74) is 5.87. The van der Waals surface area contributed by atoms with E-state index in [1.54, 1.807) is 0 Å². The van der Waals surface area contributed by atoms with Gasteiger partial charge in [0, 0.05) is 18.5 Å². The molecule has 0 saturated heterocycles. The Balaban J connectivity index is 0.00000225. The molecule has 1 aromatic carbocycles. The Hall–Kier alpha value is -1.27. The lowest BCUT2D eigenvalue weighted by Crippen LogP contribution is -2.40. The fourth-order valence-corrected chi connectivity index (χ4v) is 3.63. The second-order valence-electron chi connectivity index (χ2n) is 6.93. The fraction of sp³-hybridized carbons (Fsp3) is 0.611. The van der Waals surface area contributed by atoms with E-state index in [9.17, 15) is 18.0 Å². The molecular formula is C18H24ClF3N2O. The number of hydrogen-bond donors (Lipinski definition) is 1. The third kappa shape index (κ3) is 4.67. The second-order valence-corrected chi connectivity index (χ2v) is 6.93. The number of rotatable bonds is 5. The van der Waals surface area contributed by atoms with Gasteiger partial charge in [-0.25, -0.2) is 0 Å². The van der Waals surface area contributed by atoms with Crippen LogP contribution in [0.5, 0.6) is 0 Å². The number of amides is 1. The number of nitrogens with zero attached hydrogens (tertiary/aromatic N) is 1. The van der Waals surface area contributed by atoms with Crippen LogP contribution in [0, 0.1) is 11.8 Å². The number of carbonyl (C=O) groups is 1. The van der Waals surface area contributed by atoms with Gasteiger partial charge in [0.2, 0.25) is 5.91 Å². The average molecular weight is 377 g/mol. The molecule has 7 heteroatoms. The Bertz CT molecular complexity index is 587. The molecule has 0 spiro atoms. The molecule has 0 unspecified atom stereocenters. The Kier molecular flexibility index (Phi) is 6.38. The van der Waals surface area contributed by atoms with Crippen molar-refractivity contribution in [1.29, 1.82) is 0 Å². The third-order valence-corrected chi connectivity index (χ3v) is 5.18. The smallest absolute Gasteiger partial charge is 0.335 e. The van der Waals surface area contributed by atoms with Crippen molar-refractivity contribution in [2.75, 3.05) is 6.54 Å². The molecule has 0 bridgehead atoms. The van der Waals surface area contributed by atoms with Crippen molar-refractivity contribution in [3.8, 4) is 0 Å². The molecular weight excluding hydrogens is 353 g/mol. The molecule has 2 fully saturated rings. The molecule has 2 aliphatic rings. The van der Waals surface area contributed by atoms with Crippen molar-refractivity contribution in [3.63, 3.8) is 0 Å². The highest BCUT2D eigenvalue weighted by molar-refractivity contribution is 5.85. The summed E-state index contributed by atoms with van der Waals surface area (Å²) < 4.78 is 38.0. The Morgan fingerprint density at radius 3 is 2.28 bits per heavy atom. The first-order chi connectivity index (χ1) is 11.4. The standard InChI is InChI=1S/C18H23F3N2O.ClH/c19-18(20,21)14-6-4-12(5-7-14)11-23(15-8-9-15)17(24)16-3-1-2-13(16)10-22;/h4-7,13,15-16H,1-3,8-11,22H2;1H/t13-,16-;/m1./s1. The molecule has 2 aliphatic carbocycles. The van der Waals surface area contributed by atoms with Crippen LogP contribution in [0.15, 0.2) is 24.3 Å². The fourth-order valence-electron chi connectivity index (χ4n) is 3.63. The highest BCUT2D eigenvalue weighted by Gasteiger charge is 2.40. The van der Waals surface area contributed by atoms with E-state index in [2.05, 4.69) is 0 Å². The molecule has 25 heavy (non-hydrogen) atoms. The lowest BCUT2D eigenvalue weighted by Gasteiger charge is -2.28. The third-order valence-electron chi connectivity index (χ3n) is 5.18. The monoisotopic (exact) mass is 376 g/mol. The molecule has 0 radical (unpaired) electrons. The lowest BCUT2D eigenvalue weighted by molar-refractivity contribution is -0.138. The largest absolute Gasteiger partial charge is 0.416 e. The van der Waals surface area contributed by atoms with E-state index in [-0.39, 0.29) is 36.2 Å². The van der Waals surface area contributed by atoms with Crippen molar-refractivity contribution in [2.24, 2.45) is 17.6 Å². The number of nitrogens with two attached hydrogens (primary N) is 1. The summed E-state index contributed by atoms with van der Waals surface area (Å²) in [5.74, 6) is 0.349. The SMILES string of the molecule is Cl.NC[C@H]1CCC[C@H]1C(=O)N(Cc1ccc(C(F)(F)F)cc1)C1CC1. The summed E-state index contributed by atoms with van der Waals surface area (Å²) in [6.07, 6.45) is 0.515. The van der Waals surface area contributed by atoms with Gasteiger partial charge in [-0.15, -0.1) is 12.4 Å². The maximum absolute atomic E-state index is 12.9. The van der Waals surface area contributed by atoms with Crippen LogP contribution in [0.2, 0.25) is 0 Å². The van der Waals surface area contributed by atoms with E-state index in [0.29, 0.717) is 13.1 Å². The highest BCUT2D eigenvalue weighted by atomic mass is 35.5. The molecule has 1 aromatic rings. The quantitative estimate of drug-likeness (QED) is 0.844. The number of alkyl halides is 3. The molecule has 1 amide bonds. The van der Waals surface area contributed by atoms with E-state index in [1.165, 1.54) is 12.1 Å². The Labute approximate surface area is 152 Å².